The van der Waals surface area contributed by atoms with E-state index in [1.807, 2.05) is 9.44 Å². The largest absolute Gasteiger partial charge is 0.573 e. The highest BCUT2D eigenvalue weighted by Gasteiger charge is 2.32. The normalized spacial score (nSPS) is 11.9. The van der Waals surface area contributed by atoms with Crippen molar-refractivity contribution >= 4 is 27.4 Å². The topological polar surface area (TPSA) is 105 Å². The van der Waals surface area contributed by atoms with Gasteiger partial charge in [-0.2, -0.15) is 8.42 Å². The number of halogens is 5. The molecule has 0 unspecified atom stereocenters. The van der Waals surface area contributed by atoms with Crippen LogP contribution in [0.5, 0.6) is 5.75 Å². The molecule has 0 aliphatic carbocycles. The Morgan fingerprint density at radius 2 is 1.76 bits per heavy atom. The Morgan fingerprint density at radius 3 is 2.44 bits per heavy atom. The first-order valence-electron chi connectivity index (χ1n) is 9.49. The van der Waals surface area contributed by atoms with Crippen LogP contribution in [-0.4, -0.2) is 31.8 Å². The lowest BCUT2D eigenvalue weighted by atomic mass is 10.0. The smallest absolute Gasteiger partial charge is 0.403 e. The van der Waals surface area contributed by atoms with Crippen LogP contribution in [0.4, 0.5) is 39.1 Å². The van der Waals surface area contributed by atoms with Gasteiger partial charge in [0.25, 0.3) is 10.2 Å². The third-order valence-electron chi connectivity index (χ3n) is 4.63. The first-order chi connectivity index (χ1) is 15.9. The van der Waals surface area contributed by atoms with Crippen LogP contribution < -0.4 is 19.5 Å². The van der Waals surface area contributed by atoms with E-state index >= 15 is 0 Å². The Hall–Kier alpha value is -3.52. The summed E-state index contributed by atoms with van der Waals surface area (Å²) in [7, 11) is -2.85. The number of benzene rings is 1. The molecular weight excluding hydrogens is 485 g/mol. The van der Waals surface area contributed by atoms with Gasteiger partial charge in [0.1, 0.15) is 0 Å². The van der Waals surface area contributed by atoms with Crippen LogP contribution in [-0.2, 0) is 16.6 Å². The summed E-state index contributed by atoms with van der Waals surface area (Å²) in [5, 5.41) is 2.67. The molecule has 0 bridgehead atoms. The molecule has 34 heavy (non-hydrogen) atoms. The van der Waals surface area contributed by atoms with Gasteiger partial charge in [0, 0.05) is 25.9 Å². The molecule has 0 atom stereocenters. The van der Waals surface area contributed by atoms with Crippen molar-refractivity contribution in [3.05, 3.63) is 71.2 Å². The van der Waals surface area contributed by atoms with Gasteiger partial charge < -0.3 is 10.1 Å². The average Bonchev–Trinajstić information content (AvgIpc) is 2.75. The number of nitrogens with zero attached hydrogens (tertiary/aromatic N) is 2. The molecule has 2 heterocycles. The minimum Gasteiger partial charge on any atom is -0.403 e. The second kappa shape index (κ2) is 9.77. The van der Waals surface area contributed by atoms with Gasteiger partial charge in [0.05, 0.1) is 17.6 Å². The molecule has 0 aliphatic rings. The van der Waals surface area contributed by atoms with Gasteiger partial charge in [-0.05, 0) is 41.8 Å². The highest BCUT2D eigenvalue weighted by Crippen LogP contribution is 2.32. The Morgan fingerprint density at radius 1 is 1.03 bits per heavy atom. The van der Waals surface area contributed by atoms with Gasteiger partial charge in [0.2, 0.25) is 0 Å². The predicted molar refractivity (Wildman–Crippen MR) is 114 cm³/mol. The Kier molecular flexibility index (Phi) is 7.21. The number of hydrogen-bond acceptors (Lipinski definition) is 6. The fourth-order valence-corrected chi connectivity index (χ4v) is 3.40. The van der Waals surface area contributed by atoms with Crippen molar-refractivity contribution in [2.24, 2.45) is 0 Å². The van der Waals surface area contributed by atoms with Crippen LogP contribution in [0.2, 0.25) is 0 Å². The van der Waals surface area contributed by atoms with Gasteiger partial charge in [-0.15, -0.1) is 13.2 Å². The Bertz CT molecular complexity index is 1300. The van der Waals surface area contributed by atoms with Gasteiger partial charge in [-0.25, -0.2) is 18.5 Å². The van der Waals surface area contributed by atoms with Crippen molar-refractivity contribution in [2.45, 2.75) is 19.7 Å². The minimum absolute atomic E-state index is 0.0311. The molecule has 2 aromatic heterocycles. The van der Waals surface area contributed by atoms with E-state index in [1.165, 1.54) is 36.8 Å². The highest BCUT2D eigenvalue weighted by atomic mass is 32.2. The van der Waals surface area contributed by atoms with Crippen LogP contribution in [0.25, 0.3) is 0 Å². The van der Waals surface area contributed by atoms with Crippen LogP contribution >= 0.6 is 0 Å². The monoisotopic (exact) mass is 503 g/mol. The molecule has 0 fully saturated rings. The quantitative estimate of drug-likeness (QED) is 0.399. The van der Waals surface area contributed by atoms with Crippen LogP contribution in [0, 0.1) is 18.6 Å². The first-order valence-corrected chi connectivity index (χ1v) is 11.0. The van der Waals surface area contributed by atoms with Crippen molar-refractivity contribution in [1.82, 2.24) is 14.7 Å². The van der Waals surface area contributed by atoms with E-state index in [2.05, 4.69) is 20.0 Å². The SMILES string of the molecule is CNS(=O)(=O)Nc1nccc(Cc2cncc(Nc3cccc(OC(F)(F)F)c3F)c2C)c1F. The molecule has 14 heteroatoms. The molecule has 0 saturated carbocycles. The molecule has 182 valence electrons. The zero-order chi connectivity index (χ0) is 25.1. The number of rotatable bonds is 8. The fourth-order valence-electron chi connectivity index (χ4n) is 2.90. The summed E-state index contributed by atoms with van der Waals surface area (Å²) in [5.41, 5.74) is 1.05. The van der Waals surface area contributed by atoms with E-state index < -0.39 is 39.8 Å². The summed E-state index contributed by atoms with van der Waals surface area (Å²) in [6.07, 6.45) is -1.12. The number of anilines is 3. The Labute approximate surface area is 191 Å². The van der Waals surface area contributed by atoms with Crippen LogP contribution in [0.15, 0.2) is 42.9 Å². The van der Waals surface area contributed by atoms with E-state index in [9.17, 15) is 30.4 Å². The molecule has 3 rings (SSSR count). The number of pyridine rings is 2. The van der Waals surface area contributed by atoms with Gasteiger partial charge in [0.15, 0.2) is 23.2 Å². The van der Waals surface area contributed by atoms with Crippen molar-refractivity contribution < 1.29 is 35.1 Å². The molecule has 0 amide bonds. The molecule has 8 nitrogen and oxygen atoms in total. The second-order valence-corrected chi connectivity index (χ2v) is 8.50. The summed E-state index contributed by atoms with van der Waals surface area (Å²) in [5.74, 6) is -3.67. The lowest BCUT2D eigenvalue weighted by molar-refractivity contribution is -0.275. The van der Waals surface area contributed by atoms with Gasteiger partial charge >= 0.3 is 6.36 Å². The highest BCUT2D eigenvalue weighted by molar-refractivity contribution is 7.90. The van der Waals surface area contributed by atoms with E-state index in [0.717, 1.165) is 13.1 Å². The predicted octanol–water partition coefficient (Wildman–Crippen LogP) is 4.17. The van der Waals surface area contributed by atoms with Crippen molar-refractivity contribution in [3.8, 4) is 5.75 Å². The number of alkyl halides is 3. The summed E-state index contributed by atoms with van der Waals surface area (Å²) in [6, 6.07) is 4.58. The van der Waals surface area contributed by atoms with Crippen molar-refractivity contribution in [3.63, 3.8) is 0 Å². The molecule has 0 radical (unpaired) electrons. The second-order valence-electron chi connectivity index (χ2n) is 6.88. The number of aromatic nitrogens is 2. The molecule has 0 saturated heterocycles. The molecular formula is C20H18F5N5O3S. The number of hydrogen-bond donors (Lipinski definition) is 3. The van der Waals surface area contributed by atoms with Crippen molar-refractivity contribution in [1.29, 1.82) is 0 Å². The lowest BCUT2D eigenvalue weighted by Crippen LogP contribution is -2.27. The van der Waals surface area contributed by atoms with Crippen LogP contribution in [0.3, 0.4) is 0 Å². The maximum absolute atomic E-state index is 14.8. The standard InChI is InChI=1S/C20H18F5N5O3S/c1-11-13(8-12-6-7-28-19(17(12)21)30-34(31,32)26-2)9-27-10-15(11)29-14-4-3-5-16(18(14)22)33-20(23,24)25/h3-7,9-10,26,29H,8H2,1-2H3,(H,28,30). The van der Waals surface area contributed by atoms with Gasteiger partial charge in [-0.3, -0.25) is 9.71 Å². The minimum atomic E-state index is -5.06. The number of nitrogens with one attached hydrogen (secondary N) is 3. The fraction of sp³-hybridized carbons (Fsp3) is 0.200. The third kappa shape index (κ3) is 6.08. The van der Waals surface area contributed by atoms with E-state index in [0.29, 0.717) is 11.1 Å². The molecule has 3 aromatic rings. The molecule has 1 aromatic carbocycles. The molecule has 0 aliphatic heterocycles. The summed E-state index contributed by atoms with van der Waals surface area (Å²) < 4.78 is 97.7. The van der Waals surface area contributed by atoms with E-state index in [4.69, 9.17) is 0 Å². The first kappa shape index (κ1) is 25.1. The zero-order valence-electron chi connectivity index (χ0n) is 17.7. The van der Waals surface area contributed by atoms with Crippen LogP contribution in [0.1, 0.15) is 16.7 Å². The maximum atomic E-state index is 14.8. The van der Waals surface area contributed by atoms with Crippen molar-refractivity contribution in [2.75, 3.05) is 17.1 Å². The molecule has 3 N–H and O–H groups in total. The summed E-state index contributed by atoms with van der Waals surface area (Å²) in [6.45, 7) is 1.62. The summed E-state index contributed by atoms with van der Waals surface area (Å²) >= 11 is 0. The Balaban J connectivity index is 1.88. The third-order valence-corrected chi connectivity index (χ3v) is 5.63. The lowest BCUT2D eigenvalue weighted by Gasteiger charge is -2.16. The van der Waals surface area contributed by atoms with E-state index in [1.54, 1.807) is 6.92 Å². The zero-order valence-corrected chi connectivity index (χ0v) is 18.5. The number of ether oxygens (including phenoxy) is 1. The maximum Gasteiger partial charge on any atom is 0.573 e. The van der Waals surface area contributed by atoms with Gasteiger partial charge in [-0.1, -0.05) is 6.07 Å². The summed E-state index contributed by atoms with van der Waals surface area (Å²) in [4.78, 5) is 7.70. The van der Waals surface area contributed by atoms with E-state index in [-0.39, 0.29) is 23.4 Å². The molecule has 0 spiro atoms. The average molecular weight is 503 g/mol.